The van der Waals surface area contributed by atoms with Crippen LogP contribution in [0.2, 0.25) is 0 Å². The van der Waals surface area contributed by atoms with Gasteiger partial charge in [-0.15, -0.1) is 0 Å². The van der Waals surface area contributed by atoms with Crippen LogP contribution in [0.4, 0.5) is 4.39 Å². The average Bonchev–Trinajstić information content (AvgIpc) is 2.55. The summed E-state index contributed by atoms with van der Waals surface area (Å²) in [5, 5.41) is 0. The van der Waals surface area contributed by atoms with E-state index in [1.165, 1.54) is 12.1 Å². The Hall–Kier alpha value is -1.91. The van der Waals surface area contributed by atoms with Gasteiger partial charge in [-0.25, -0.2) is 4.39 Å². The number of ether oxygens (including phenoxy) is 1. The molecule has 0 heterocycles. The molecule has 1 atom stereocenters. The SMILES string of the molecule is COc1cccc(C(C)N)c1.NCCCc1ccc(F)cc1. The molecule has 0 saturated carbocycles. The van der Waals surface area contributed by atoms with Gasteiger partial charge in [-0.3, -0.25) is 0 Å². The van der Waals surface area contributed by atoms with Gasteiger partial charge in [-0.1, -0.05) is 24.3 Å². The van der Waals surface area contributed by atoms with Gasteiger partial charge in [-0.2, -0.15) is 0 Å². The molecule has 3 nitrogen and oxygen atoms in total. The van der Waals surface area contributed by atoms with E-state index < -0.39 is 0 Å². The number of hydrogen-bond acceptors (Lipinski definition) is 3. The van der Waals surface area contributed by atoms with E-state index in [1.807, 2.05) is 31.2 Å². The highest BCUT2D eigenvalue weighted by Crippen LogP contribution is 2.16. The van der Waals surface area contributed by atoms with Crippen LogP contribution >= 0.6 is 0 Å². The smallest absolute Gasteiger partial charge is 0.123 e. The topological polar surface area (TPSA) is 61.3 Å². The van der Waals surface area contributed by atoms with E-state index in [-0.39, 0.29) is 11.9 Å². The summed E-state index contributed by atoms with van der Waals surface area (Å²) in [7, 11) is 1.65. The highest BCUT2D eigenvalue weighted by molar-refractivity contribution is 5.29. The number of rotatable bonds is 5. The second-order valence-corrected chi connectivity index (χ2v) is 5.08. The van der Waals surface area contributed by atoms with Crippen molar-refractivity contribution in [3.05, 3.63) is 65.5 Å². The molecule has 0 radical (unpaired) electrons. The first-order valence-electron chi connectivity index (χ1n) is 7.41. The number of nitrogens with two attached hydrogens (primary N) is 2. The molecule has 0 aliphatic rings. The van der Waals surface area contributed by atoms with Crippen molar-refractivity contribution in [2.45, 2.75) is 25.8 Å². The number of aryl methyl sites for hydroxylation is 1. The molecule has 2 aromatic rings. The maximum absolute atomic E-state index is 12.4. The number of methoxy groups -OCH3 is 1. The zero-order valence-corrected chi connectivity index (χ0v) is 13.3. The fourth-order valence-electron chi connectivity index (χ4n) is 1.88. The quantitative estimate of drug-likeness (QED) is 0.889. The monoisotopic (exact) mass is 304 g/mol. The van der Waals surface area contributed by atoms with Crippen molar-refractivity contribution in [3.63, 3.8) is 0 Å². The Labute approximate surface area is 132 Å². The van der Waals surface area contributed by atoms with E-state index in [1.54, 1.807) is 19.2 Å². The van der Waals surface area contributed by atoms with Crippen LogP contribution in [0.3, 0.4) is 0 Å². The molecule has 4 heteroatoms. The van der Waals surface area contributed by atoms with Crippen LogP contribution in [0.1, 0.15) is 30.5 Å². The first-order chi connectivity index (χ1) is 10.6. The van der Waals surface area contributed by atoms with E-state index in [0.29, 0.717) is 6.54 Å². The predicted octanol–water partition coefficient (Wildman–Crippen LogP) is 3.43. The van der Waals surface area contributed by atoms with E-state index in [9.17, 15) is 4.39 Å². The Balaban J connectivity index is 0.000000220. The van der Waals surface area contributed by atoms with E-state index >= 15 is 0 Å². The molecule has 0 aliphatic carbocycles. The van der Waals surface area contributed by atoms with Crippen LogP contribution in [0.25, 0.3) is 0 Å². The predicted molar refractivity (Wildman–Crippen MR) is 89.4 cm³/mol. The Bertz CT molecular complexity index is 541. The summed E-state index contributed by atoms with van der Waals surface area (Å²) < 4.78 is 17.4. The van der Waals surface area contributed by atoms with E-state index in [0.717, 1.165) is 29.7 Å². The van der Waals surface area contributed by atoms with Crippen LogP contribution in [0, 0.1) is 5.82 Å². The highest BCUT2D eigenvalue weighted by Gasteiger charge is 1.99. The lowest BCUT2D eigenvalue weighted by Crippen LogP contribution is -2.04. The molecule has 120 valence electrons. The molecule has 0 aliphatic heterocycles. The van der Waals surface area contributed by atoms with Gasteiger partial charge in [0.2, 0.25) is 0 Å². The van der Waals surface area contributed by atoms with Crippen molar-refractivity contribution in [3.8, 4) is 5.75 Å². The Morgan fingerprint density at radius 1 is 1.14 bits per heavy atom. The first kappa shape index (κ1) is 18.1. The summed E-state index contributed by atoms with van der Waals surface area (Å²) in [5.74, 6) is 0.682. The Morgan fingerprint density at radius 3 is 2.36 bits per heavy atom. The molecule has 0 bridgehead atoms. The summed E-state index contributed by atoms with van der Waals surface area (Å²) in [4.78, 5) is 0. The molecule has 2 aromatic carbocycles. The summed E-state index contributed by atoms with van der Waals surface area (Å²) in [6, 6.07) is 14.4. The second-order valence-electron chi connectivity index (χ2n) is 5.08. The molecular weight excluding hydrogens is 279 g/mol. The molecule has 0 fully saturated rings. The summed E-state index contributed by atoms with van der Waals surface area (Å²) in [5.41, 5.74) is 13.3. The fraction of sp³-hybridized carbons (Fsp3) is 0.333. The minimum Gasteiger partial charge on any atom is -0.497 e. The molecule has 1 unspecified atom stereocenters. The third kappa shape index (κ3) is 6.70. The zero-order chi connectivity index (χ0) is 16.4. The molecular formula is C18H25FN2O. The lowest BCUT2D eigenvalue weighted by Gasteiger charge is -2.06. The second kappa shape index (κ2) is 9.92. The van der Waals surface area contributed by atoms with Crippen LogP contribution < -0.4 is 16.2 Å². The summed E-state index contributed by atoms with van der Waals surface area (Å²) >= 11 is 0. The highest BCUT2D eigenvalue weighted by atomic mass is 19.1. The van der Waals surface area contributed by atoms with Crippen LogP contribution in [0.15, 0.2) is 48.5 Å². The third-order valence-corrected chi connectivity index (χ3v) is 3.20. The Kier molecular flexibility index (Phi) is 8.18. The van der Waals surface area contributed by atoms with Crippen molar-refractivity contribution in [2.75, 3.05) is 13.7 Å². The normalized spacial score (nSPS) is 11.3. The maximum Gasteiger partial charge on any atom is 0.123 e. The summed E-state index contributed by atoms with van der Waals surface area (Å²) in [6.45, 7) is 2.64. The van der Waals surface area contributed by atoms with Gasteiger partial charge in [0.1, 0.15) is 11.6 Å². The van der Waals surface area contributed by atoms with E-state index in [4.69, 9.17) is 16.2 Å². The van der Waals surface area contributed by atoms with Crippen molar-refractivity contribution in [1.29, 1.82) is 0 Å². The van der Waals surface area contributed by atoms with Crippen molar-refractivity contribution < 1.29 is 9.13 Å². The minimum atomic E-state index is -0.179. The zero-order valence-electron chi connectivity index (χ0n) is 13.3. The molecule has 0 aromatic heterocycles. The fourth-order valence-corrected chi connectivity index (χ4v) is 1.88. The summed E-state index contributed by atoms with van der Waals surface area (Å²) in [6.07, 6.45) is 1.91. The van der Waals surface area contributed by atoms with Gasteiger partial charge >= 0.3 is 0 Å². The van der Waals surface area contributed by atoms with Gasteiger partial charge in [0, 0.05) is 6.04 Å². The minimum absolute atomic E-state index is 0.0742. The molecule has 4 N–H and O–H groups in total. The largest absolute Gasteiger partial charge is 0.497 e. The molecule has 0 amide bonds. The van der Waals surface area contributed by atoms with Gasteiger partial charge in [0.05, 0.1) is 7.11 Å². The van der Waals surface area contributed by atoms with Crippen molar-refractivity contribution in [2.24, 2.45) is 11.5 Å². The number of hydrogen-bond donors (Lipinski definition) is 2. The maximum atomic E-state index is 12.4. The average molecular weight is 304 g/mol. The van der Waals surface area contributed by atoms with Crippen LogP contribution in [-0.4, -0.2) is 13.7 Å². The molecule has 22 heavy (non-hydrogen) atoms. The van der Waals surface area contributed by atoms with Gasteiger partial charge in [-0.05, 0) is 61.7 Å². The third-order valence-electron chi connectivity index (χ3n) is 3.20. The Morgan fingerprint density at radius 2 is 1.82 bits per heavy atom. The standard InChI is InChI=1S/C9H12FN.C9H13NO/c10-9-5-3-8(4-6-9)2-1-7-11;1-7(10)8-4-3-5-9(6-8)11-2/h3-6H,1-2,7,11H2;3-7H,10H2,1-2H3. The lowest BCUT2D eigenvalue weighted by molar-refractivity contribution is 0.414. The molecule has 0 spiro atoms. The van der Waals surface area contributed by atoms with Crippen molar-refractivity contribution >= 4 is 0 Å². The van der Waals surface area contributed by atoms with Crippen LogP contribution in [0.5, 0.6) is 5.75 Å². The molecule has 0 saturated heterocycles. The van der Waals surface area contributed by atoms with Crippen LogP contribution in [-0.2, 0) is 6.42 Å². The number of benzene rings is 2. The van der Waals surface area contributed by atoms with Gasteiger partial charge in [0.15, 0.2) is 0 Å². The van der Waals surface area contributed by atoms with Gasteiger partial charge < -0.3 is 16.2 Å². The van der Waals surface area contributed by atoms with Crippen molar-refractivity contribution in [1.82, 2.24) is 0 Å². The molecule has 2 rings (SSSR count). The first-order valence-corrected chi connectivity index (χ1v) is 7.41. The van der Waals surface area contributed by atoms with E-state index in [2.05, 4.69) is 0 Å². The number of halogens is 1. The van der Waals surface area contributed by atoms with Gasteiger partial charge in [0.25, 0.3) is 0 Å². The lowest BCUT2D eigenvalue weighted by atomic mass is 10.1.